The number of likely N-dealkylation sites (tertiary alicyclic amines) is 1. The summed E-state index contributed by atoms with van der Waals surface area (Å²) in [5.74, 6) is -1.35. The molecule has 0 unspecified atom stereocenters. The summed E-state index contributed by atoms with van der Waals surface area (Å²) >= 11 is 4.82. The van der Waals surface area contributed by atoms with Crippen LogP contribution in [0.15, 0.2) is 52.4 Å². The van der Waals surface area contributed by atoms with Crippen molar-refractivity contribution in [2.24, 2.45) is 0 Å². The van der Waals surface area contributed by atoms with Crippen LogP contribution in [0.2, 0.25) is 0 Å². The molecule has 3 amide bonds. The van der Waals surface area contributed by atoms with Crippen LogP contribution in [0.3, 0.4) is 0 Å². The lowest BCUT2D eigenvalue weighted by Crippen LogP contribution is -2.48. The van der Waals surface area contributed by atoms with Crippen LogP contribution in [-0.2, 0) is 0 Å². The van der Waals surface area contributed by atoms with E-state index in [1.807, 2.05) is 16.3 Å². The van der Waals surface area contributed by atoms with Gasteiger partial charge in [-0.15, -0.1) is 11.3 Å². The molecule has 4 rings (SSSR count). The van der Waals surface area contributed by atoms with Crippen LogP contribution in [0.5, 0.6) is 0 Å². The van der Waals surface area contributed by atoms with E-state index < -0.39 is 11.6 Å². The van der Waals surface area contributed by atoms with Gasteiger partial charge in [0.2, 0.25) is 0 Å². The lowest BCUT2D eigenvalue weighted by Gasteiger charge is -2.36. The Labute approximate surface area is 208 Å². The highest BCUT2D eigenvalue weighted by molar-refractivity contribution is 9.10. The van der Waals surface area contributed by atoms with Gasteiger partial charge in [0.05, 0.1) is 17.6 Å². The second-order valence-electron chi connectivity index (χ2n) is 7.75. The normalized spacial score (nSPS) is 14.7. The average Bonchev–Trinajstić information content (AvgIpc) is 3.35. The zero-order chi connectivity index (χ0) is 27.5. The van der Waals surface area contributed by atoms with Crippen LogP contribution in [-0.4, -0.2) is 52.9 Å². The van der Waals surface area contributed by atoms with Crippen molar-refractivity contribution in [2.45, 2.75) is 18.9 Å². The number of nitrogens with zero attached hydrogens (tertiary/aromatic N) is 3. The van der Waals surface area contributed by atoms with Crippen LogP contribution < -0.4 is 5.32 Å². The monoisotopic (exact) mass is 546 g/mol. The third-order valence-electron chi connectivity index (χ3n) is 5.60. The number of halogens is 3. The minimum Gasteiger partial charge on any atom is -0.338 e. The number of rotatable bonds is 4. The topological polar surface area (TPSA) is 65.5 Å². The minimum absolute atomic E-state index is 0.00308. The van der Waals surface area contributed by atoms with Crippen molar-refractivity contribution in [2.75, 3.05) is 25.5 Å². The SMILES string of the molecule is CN(C(=O)Nc1ccc(-c2cc(F)cc(F)c2)nc1)C1CCN(C(=O)c2sccc2Br)CC1.[3H][3H].[3H][3H]. The molecule has 0 radical (unpaired) electrons. The van der Waals surface area contributed by atoms with E-state index in [1.54, 1.807) is 24.1 Å². The molecule has 3 heterocycles. The van der Waals surface area contributed by atoms with Crippen LogP contribution in [0.25, 0.3) is 11.3 Å². The Hall–Kier alpha value is -2.85. The summed E-state index contributed by atoms with van der Waals surface area (Å²) in [4.78, 5) is 33.7. The number of aromatic nitrogens is 1. The third kappa shape index (κ3) is 5.39. The Morgan fingerprint density at radius 3 is 2.48 bits per heavy atom. The van der Waals surface area contributed by atoms with E-state index in [-0.39, 0.29) is 18.0 Å². The van der Waals surface area contributed by atoms with Crippen molar-refractivity contribution in [3.05, 3.63) is 69.0 Å². The molecule has 0 bridgehead atoms. The predicted molar refractivity (Wildman–Crippen MR) is 132 cm³/mol. The fraction of sp³-hybridized carbons (Fsp3) is 0.261. The predicted octanol–water partition coefficient (Wildman–Crippen LogP) is 6.11. The van der Waals surface area contributed by atoms with Gasteiger partial charge in [-0.3, -0.25) is 9.78 Å². The summed E-state index contributed by atoms with van der Waals surface area (Å²) in [6, 6.07) is 8.01. The van der Waals surface area contributed by atoms with Gasteiger partial charge in [0, 0.05) is 48.2 Å². The molecule has 2 aromatic heterocycles. The van der Waals surface area contributed by atoms with Crippen LogP contribution in [0, 0.1) is 11.6 Å². The first kappa shape index (κ1) is 20.7. The van der Waals surface area contributed by atoms with Crippen LogP contribution in [0.1, 0.15) is 28.5 Å². The molecule has 1 saturated heterocycles. The second kappa shape index (κ2) is 9.96. The zero-order valence-corrected chi connectivity index (χ0v) is 20.1. The van der Waals surface area contributed by atoms with Crippen molar-refractivity contribution < 1.29 is 24.3 Å². The molecular formula is C23H25BrF2N4O2S. The van der Waals surface area contributed by atoms with Crippen molar-refractivity contribution >= 4 is 44.9 Å². The molecular weight excluding hydrogens is 514 g/mol. The van der Waals surface area contributed by atoms with Gasteiger partial charge in [0.25, 0.3) is 5.91 Å². The number of pyridine rings is 1. The number of amides is 3. The molecule has 0 spiro atoms. The van der Waals surface area contributed by atoms with Gasteiger partial charge < -0.3 is 15.1 Å². The van der Waals surface area contributed by atoms with Crippen molar-refractivity contribution in [3.8, 4) is 11.3 Å². The molecule has 1 aliphatic heterocycles. The number of carbonyl (C=O) groups excluding carboxylic acids is 2. The number of thiophene rings is 1. The first-order chi connectivity index (χ1) is 17.8. The molecule has 1 fully saturated rings. The quantitative estimate of drug-likeness (QED) is 0.429. The van der Waals surface area contributed by atoms with E-state index in [1.165, 1.54) is 29.7 Å². The van der Waals surface area contributed by atoms with E-state index in [0.717, 1.165) is 10.5 Å². The average molecular weight is 547 g/mol. The van der Waals surface area contributed by atoms with Crippen molar-refractivity contribution in [3.63, 3.8) is 0 Å². The summed E-state index contributed by atoms with van der Waals surface area (Å²) in [6.07, 6.45) is 2.81. The number of anilines is 1. The number of benzene rings is 1. The van der Waals surface area contributed by atoms with Gasteiger partial charge in [-0.25, -0.2) is 13.6 Å². The van der Waals surface area contributed by atoms with Gasteiger partial charge in [-0.05, 0) is 64.5 Å². The number of carbonyl (C=O) groups is 2. The molecule has 0 saturated carbocycles. The summed E-state index contributed by atoms with van der Waals surface area (Å²) in [5.41, 5.74) is 1.19. The maximum atomic E-state index is 13.4. The Morgan fingerprint density at radius 2 is 1.91 bits per heavy atom. The van der Waals surface area contributed by atoms with Gasteiger partial charge in [0.1, 0.15) is 16.5 Å². The Morgan fingerprint density at radius 1 is 1.21 bits per heavy atom. The molecule has 0 aliphatic carbocycles. The molecule has 33 heavy (non-hydrogen) atoms. The number of piperidine rings is 1. The standard InChI is InChI=1S/C23H21BrF2N4O2S.2H2/c1-29(18-4-7-30(8-5-18)22(31)21-19(24)6-9-33-21)23(32)28-17-2-3-20(27-13-17)14-10-15(25)12-16(26)11-14;;/h2-3,6,9-13,18H,4-5,7-8H2,1H3,(H,28,32);2*1H/i;2*1+2T. The number of hydrogen-bond acceptors (Lipinski definition) is 4. The molecule has 1 aromatic carbocycles. The fourth-order valence-corrected chi connectivity index (χ4v) is 5.27. The zero-order valence-electron chi connectivity index (χ0n) is 21.7. The Balaban J connectivity index is 0.00000115. The minimum atomic E-state index is -0.679. The van der Waals surface area contributed by atoms with Crippen molar-refractivity contribution in [1.29, 1.82) is 0 Å². The molecule has 1 aliphatic rings. The highest BCUT2D eigenvalue weighted by Crippen LogP contribution is 2.26. The summed E-state index contributed by atoms with van der Waals surface area (Å²) in [6.45, 7) is 1.15. The van der Waals surface area contributed by atoms with Crippen molar-refractivity contribution in [1.82, 2.24) is 14.8 Å². The van der Waals surface area contributed by atoms with E-state index >= 15 is 0 Å². The number of hydrogen-bond donors (Lipinski definition) is 1. The molecule has 176 valence electrons. The molecule has 1 N–H and O–H groups in total. The van der Waals surface area contributed by atoms with E-state index in [4.69, 9.17) is 5.94 Å². The highest BCUT2D eigenvalue weighted by Gasteiger charge is 2.29. The van der Waals surface area contributed by atoms with E-state index in [0.29, 0.717) is 47.8 Å². The second-order valence-corrected chi connectivity index (χ2v) is 9.52. The van der Waals surface area contributed by atoms with Crippen LogP contribution in [0.4, 0.5) is 19.3 Å². The van der Waals surface area contributed by atoms with Gasteiger partial charge in [-0.1, -0.05) is 0 Å². The Kier molecular flexibility index (Phi) is 6.26. The third-order valence-corrected chi connectivity index (χ3v) is 7.43. The first-order valence-corrected chi connectivity index (χ1v) is 12.0. The van der Waals surface area contributed by atoms with E-state index in [2.05, 4.69) is 26.2 Å². The highest BCUT2D eigenvalue weighted by atomic mass is 79.9. The smallest absolute Gasteiger partial charge is 0.321 e. The number of nitrogens with one attached hydrogen (secondary N) is 1. The summed E-state index contributed by atoms with van der Waals surface area (Å²) in [7, 11) is 1.73. The molecule has 10 heteroatoms. The van der Waals surface area contributed by atoms with E-state index in [9.17, 15) is 18.4 Å². The van der Waals surface area contributed by atoms with Gasteiger partial charge in [-0.2, -0.15) is 0 Å². The summed E-state index contributed by atoms with van der Waals surface area (Å²) < 4.78 is 47.7. The van der Waals surface area contributed by atoms with Gasteiger partial charge in [0.15, 0.2) is 0 Å². The maximum absolute atomic E-state index is 13.4. The fourth-order valence-electron chi connectivity index (χ4n) is 3.76. The Bertz CT molecular complexity index is 1160. The maximum Gasteiger partial charge on any atom is 0.321 e. The summed E-state index contributed by atoms with van der Waals surface area (Å²) in [5, 5.41) is 4.67. The lowest BCUT2D eigenvalue weighted by molar-refractivity contribution is 0.0675. The number of urea groups is 1. The first-order valence-electron chi connectivity index (χ1n) is 12.3. The lowest BCUT2D eigenvalue weighted by atomic mass is 10.0. The van der Waals surface area contributed by atoms with Gasteiger partial charge >= 0.3 is 6.03 Å². The van der Waals surface area contributed by atoms with Crippen LogP contribution >= 0.6 is 27.3 Å². The molecule has 3 aromatic rings. The largest absolute Gasteiger partial charge is 0.338 e. The molecule has 6 nitrogen and oxygen atoms in total. The molecule has 0 atom stereocenters.